The van der Waals surface area contributed by atoms with Gasteiger partial charge in [-0.3, -0.25) is 14.4 Å². The molecule has 2 aromatic carbocycles. The van der Waals surface area contributed by atoms with Gasteiger partial charge in [0.15, 0.2) is 0 Å². The molecule has 0 aliphatic heterocycles. The molecule has 0 saturated heterocycles. The highest BCUT2D eigenvalue weighted by molar-refractivity contribution is 5.95. The number of rotatable bonds is 6. The van der Waals surface area contributed by atoms with Gasteiger partial charge >= 0.3 is 0 Å². The Bertz CT molecular complexity index is 1020. The minimum atomic E-state index is -0.755. The van der Waals surface area contributed by atoms with Gasteiger partial charge in [-0.15, -0.1) is 0 Å². The summed E-state index contributed by atoms with van der Waals surface area (Å²) in [7, 11) is 0. The van der Waals surface area contributed by atoms with Crippen LogP contribution in [-0.4, -0.2) is 27.6 Å². The Morgan fingerprint density at radius 1 is 0.964 bits per heavy atom. The number of hydrogen-bond acceptors (Lipinski definition) is 4. The van der Waals surface area contributed by atoms with Crippen molar-refractivity contribution in [1.82, 2.24) is 20.4 Å². The van der Waals surface area contributed by atoms with Crippen LogP contribution in [0.3, 0.4) is 0 Å². The quantitative estimate of drug-likeness (QED) is 0.684. The molecule has 7 nitrogen and oxygen atoms in total. The van der Waals surface area contributed by atoms with Crippen molar-refractivity contribution < 1.29 is 9.59 Å². The van der Waals surface area contributed by atoms with Gasteiger partial charge in [0.05, 0.1) is 5.69 Å². The van der Waals surface area contributed by atoms with Crippen molar-refractivity contribution in [1.29, 1.82) is 0 Å². The van der Waals surface area contributed by atoms with Gasteiger partial charge in [-0.05, 0) is 30.7 Å². The summed E-state index contributed by atoms with van der Waals surface area (Å²) in [5.41, 5.74) is 1.21. The van der Waals surface area contributed by atoms with E-state index < -0.39 is 11.9 Å². The van der Waals surface area contributed by atoms with E-state index in [1.54, 1.807) is 31.2 Å². The van der Waals surface area contributed by atoms with Crippen molar-refractivity contribution in [3.05, 3.63) is 94.4 Å². The van der Waals surface area contributed by atoms with Crippen LogP contribution < -0.4 is 16.2 Å². The summed E-state index contributed by atoms with van der Waals surface area (Å²) in [4.78, 5) is 36.7. The summed E-state index contributed by atoms with van der Waals surface area (Å²) in [6.07, 6.45) is 0. The molecule has 0 radical (unpaired) electrons. The van der Waals surface area contributed by atoms with Crippen LogP contribution in [0.25, 0.3) is 5.69 Å². The van der Waals surface area contributed by atoms with Gasteiger partial charge in [0.25, 0.3) is 11.5 Å². The average Bonchev–Trinajstić information content (AvgIpc) is 2.73. The van der Waals surface area contributed by atoms with Crippen molar-refractivity contribution in [3.63, 3.8) is 0 Å². The van der Waals surface area contributed by atoms with Gasteiger partial charge in [0, 0.05) is 12.6 Å². The van der Waals surface area contributed by atoms with Crippen molar-refractivity contribution in [3.8, 4) is 5.69 Å². The van der Waals surface area contributed by atoms with E-state index in [1.807, 2.05) is 36.4 Å². The van der Waals surface area contributed by atoms with E-state index in [4.69, 9.17) is 0 Å². The highest BCUT2D eigenvalue weighted by Crippen LogP contribution is 2.03. The molecule has 0 aliphatic rings. The fraction of sp³-hybridized carbons (Fsp3) is 0.143. The molecule has 3 aromatic rings. The number of hydrogen-bond donors (Lipinski definition) is 2. The van der Waals surface area contributed by atoms with E-state index in [9.17, 15) is 14.4 Å². The first-order chi connectivity index (χ1) is 13.5. The maximum atomic E-state index is 12.5. The maximum Gasteiger partial charge on any atom is 0.272 e. The van der Waals surface area contributed by atoms with Crippen molar-refractivity contribution in [2.24, 2.45) is 0 Å². The van der Waals surface area contributed by atoms with Gasteiger partial charge in [-0.25, -0.2) is 0 Å². The van der Waals surface area contributed by atoms with Gasteiger partial charge in [-0.2, -0.15) is 9.78 Å². The number of carbonyl (C=O) groups is 2. The number of carbonyl (C=O) groups excluding carboxylic acids is 2. The Morgan fingerprint density at radius 2 is 1.61 bits per heavy atom. The lowest BCUT2D eigenvalue weighted by Gasteiger charge is -2.14. The lowest BCUT2D eigenvalue weighted by molar-refractivity contribution is -0.122. The second kappa shape index (κ2) is 8.77. The third kappa shape index (κ3) is 4.70. The monoisotopic (exact) mass is 376 g/mol. The van der Waals surface area contributed by atoms with Crippen molar-refractivity contribution in [2.45, 2.75) is 19.5 Å². The third-order valence-electron chi connectivity index (χ3n) is 4.08. The Morgan fingerprint density at radius 3 is 2.29 bits per heavy atom. The molecule has 3 rings (SSSR count). The Balaban J connectivity index is 1.65. The maximum absolute atomic E-state index is 12.5. The summed E-state index contributed by atoms with van der Waals surface area (Å²) in [6, 6.07) is 20.1. The molecule has 0 spiro atoms. The molecule has 142 valence electrons. The number of nitrogens with zero attached hydrogens (tertiary/aromatic N) is 2. The normalized spacial score (nSPS) is 11.5. The van der Waals surface area contributed by atoms with Crippen LogP contribution >= 0.6 is 0 Å². The Hall–Kier alpha value is -3.74. The molecule has 1 unspecified atom stereocenters. The molecule has 1 aromatic heterocycles. The largest absolute Gasteiger partial charge is 0.350 e. The van der Waals surface area contributed by atoms with Gasteiger partial charge in [0.1, 0.15) is 11.7 Å². The van der Waals surface area contributed by atoms with Crippen LogP contribution in [0.2, 0.25) is 0 Å². The molecule has 2 N–H and O–H groups in total. The highest BCUT2D eigenvalue weighted by atomic mass is 16.2. The van der Waals surface area contributed by atoms with E-state index in [0.717, 1.165) is 10.2 Å². The smallest absolute Gasteiger partial charge is 0.272 e. The van der Waals surface area contributed by atoms with Crippen molar-refractivity contribution in [2.75, 3.05) is 0 Å². The summed E-state index contributed by atoms with van der Waals surface area (Å²) >= 11 is 0. The lowest BCUT2D eigenvalue weighted by Crippen LogP contribution is -2.45. The zero-order valence-corrected chi connectivity index (χ0v) is 15.3. The first-order valence-corrected chi connectivity index (χ1v) is 8.83. The molecule has 28 heavy (non-hydrogen) atoms. The zero-order chi connectivity index (χ0) is 19.9. The zero-order valence-electron chi connectivity index (χ0n) is 15.3. The number of aromatic nitrogens is 2. The third-order valence-corrected chi connectivity index (χ3v) is 4.08. The highest BCUT2D eigenvalue weighted by Gasteiger charge is 2.18. The van der Waals surface area contributed by atoms with Crippen LogP contribution in [-0.2, 0) is 11.3 Å². The van der Waals surface area contributed by atoms with E-state index in [0.29, 0.717) is 12.2 Å². The molecular formula is C21H20N4O3. The molecule has 2 amide bonds. The minimum absolute atomic E-state index is 0.0474. The number of amides is 2. The second-order valence-corrected chi connectivity index (χ2v) is 6.20. The predicted octanol–water partition coefficient (Wildman–Crippen LogP) is 1.67. The number of nitrogens with one attached hydrogen (secondary N) is 2. The lowest BCUT2D eigenvalue weighted by atomic mass is 10.2. The van der Waals surface area contributed by atoms with E-state index in [1.165, 1.54) is 12.1 Å². The van der Waals surface area contributed by atoms with E-state index in [-0.39, 0.29) is 17.2 Å². The molecule has 1 heterocycles. The Kier molecular flexibility index (Phi) is 5.96. The molecule has 0 saturated carbocycles. The topological polar surface area (TPSA) is 93.1 Å². The average molecular weight is 376 g/mol. The predicted molar refractivity (Wildman–Crippen MR) is 105 cm³/mol. The molecule has 0 fully saturated rings. The van der Waals surface area contributed by atoms with Gasteiger partial charge in [-0.1, -0.05) is 48.5 Å². The minimum Gasteiger partial charge on any atom is -0.350 e. The summed E-state index contributed by atoms with van der Waals surface area (Å²) in [5.74, 6) is -0.847. The van der Waals surface area contributed by atoms with Crippen LogP contribution in [0.1, 0.15) is 23.0 Å². The van der Waals surface area contributed by atoms with Crippen LogP contribution in [0.5, 0.6) is 0 Å². The van der Waals surface area contributed by atoms with Gasteiger partial charge in [0.2, 0.25) is 5.91 Å². The number of benzene rings is 2. The SMILES string of the molecule is CC(NC(=O)c1ccc(=O)n(-c2ccccc2)n1)C(=O)NCc1ccccc1. The van der Waals surface area contributed by atoms with Gasteiger partial charge < -0.3 is 10.6 Å². The molecule has 0 bridgehead atoms. The molecular weight excluding hydrogens is 356 g/mol. The molecule has 0 aliphatic carbocycles. The van der Waals surface area contributed by atoms with E-state index in [2.05, 4.69) is 15.7 Å². The first kappa shape index (κ1) is 19.0. The fourth-order valence-electron chi connectivity index (χ4n) is 2.56. The Labute approximate surface area is 162 Å². The fourth-order valence-corrected chi connectivity index (χ4v) is 2.56. The van der Waals surface area contributed by atoms with E-state index >= 15 is 0 Å². The van der Waals surface area contributed by atoms with Crippen LogP contribution in [0.4, 0.5) is 0 Å². The summed E-state index contributed by atoms with van der Waals surface area (Å²) in [5, 5.41) is 9.48. The second-order valence-electron chi connectivity index (χ2n) is 6.20. The molecule has 7 heteroatoms. The van der Waals surface area contributed by atoms with Crippen LogP contribution in [0.15, 0.2) is 77.6 Å². The molecule has 1 atom stereocenters. The number of para-hydroxylation sites is 1. The summed E-state index contributed by atoms with van der Waals surface area (Å²) < 4.78 is 1.15. The van der Waals surface area contributed by atoms with Crippen LogP contribution in [0, 0.1) is 0 Å². The first-order valence-electron chi connectivity index (χ1n) is 8.83. The van der Waals surface area contributed by atoms with Crippen molar-refractivity contribution >= 4 is 11.8 Å². The summed E-state index contributed by atoms with van der Waals surface area (Å²) in [6.45, 7) is 1.96. The standard InChI is InChI=1S/C21H20N4O3/c1-15(20(27)22-14-16-8-4-2-5-9-16)23-21(28)18-12-13-19(26)25(24-18)17-10-6-3-7-11-17/h2-13,15H,14H2,1H3,(H,22,27)(H,23,28).